The van der Waals surface area contributed by atoms with Crippen LogP contribution >= 0.6 is 0 Å². The Morgan fingerprint density at radius 3 is 2.71 bits per heavy atom. The first-order chi connectivity index (χ1) is 8.08. The predicted molar refractivity (Wildman–Crippen MR) is 66.2 cm³/mol. The molecule has 0 saturated heterocycles. The molecular weight excluding hydrogens is 220 g/mol. The minimum Gasteiger partial charge on any atom is -0.487 e. The number of nitrogens with zero attached hydrogens (tertiary/aromatic N) is 1. The lowest BCUT2D eigenvalue weighted by Crippen LogP contribution is -2.21. The zero-order valence-corrected chi connectivity index (χ0v) is 10.2. The summed E-state index contributed by atoms with van der Waals surface area (Å²) >= 11 is 0. The third-order valence-electron chi connectivity index (χ3n) is 2.54. The van der Waals surface area contributed by atoms with Crippen LogP contribution in [0.25, 0.3) is 0 Å². The van der Waals surface area contributed by atoms with E-state index in [4.69, 9.17) is 10.5 Å². The van der Waals surface area contributed by atoms with E-state index in [-0.39, 0.29) is 11.7 Å². The van der Waals surface area contributed by atoms with Gasteiger partial charge in [0.1, 0.15) is 0 Å². The Morgan fingerprint density at radius 1 is 1.47 bits per heavy atom. The fraction of sp³-hybridized carbons (Fsp3) is 0.500. The van der Waals surface area contributed by atoms with E-state index in [1.165, 1.54) is 6.07 Å². The molecule has 0 saturated carbocycles. The molecule has 1 rings (SSSR count). The van der Waals surface area contributed by atoms with Gasteiger partial charge in [-0.1, -0.05) is 13.0 Å². The molecule has 1 aromatic carbocycles. The van der Waals surface area contributed by atoms with Crippen molar-refractivity contribution in [3.63, 3.8) is 0 Å². The molecular formula is C12H18N2O3. The highest BCUT2D eigenvalue weighted by atomic mass is 16.6. The van der Waals surface area contributed by atoms with Crippen molar-refractivity contribution < 1.29 is 9.66 Å². The molecule has 0 spiro atoms. The van der Waals surface area contributed by atoms with Gasteiger partial charge in [-0.25, -0.2) is 0 Å². The van der Waals surface area contributed by atoms with Crippen LogP contribution in [0.5, 0.6) is 5.75 Å². The van der Waals surface area contributed by atoms with Crippen LogP contribution in [0.1, 0.15) is 25.8 Å². The molecule has 0 fully saturated rings. The van der Waals surface area contributed by atoms with Gasteiger partial charge in [0.15, 0.2) is 5.75 Å². The molecule has 0 amide bonds. The second-order valence-corrected chi connectivity index (χ2v) is 3.86. The average Bonchev–Trinajstić information content (AvgIpc) is 2.29. The number of rotatable bonds is 6. The minimum atomic E-state index is -0.436. The van der Waals surface area contributed by atoms with Crippen LogP contribution in [-0.2, 0) is 6.42 Å². The largest absolute Gasteiger partial charge is 0.487 e. The van der Waals surface area contributed by atoms with E-state index < -0.39 is 4.92 Å². The lowest BCUT2D eigenvalue weighted by molar-refractivity contribution is -0.385. The first-order valence-corrected chi connectivity index (χ1v) is 5.74. The number of benzene rings is 1. The van der Waals surface area contributed by atoms with E-state index in [2.05, 4.69) is 0 Å². The van der Waals surface area contributed by atoms with Crippen molar-refractivity contribution in [2.45, 2.75) is 32.7 Å². The summed E-state index contributed by atoms with van der Waals surface area (Å²) in [4.78, 5) is 10.4. The zero-order valence-electron chi connectivity index (χ0n) is 10.2. The van der Waals surface area contributed by atoms with Gasteiger partial charge in [0.05, 0.1) is 11.5 Å². The highest BCUT2D eigenvalue weighted by Crippen LogP contribution is 2.28. The molecule has 1 aromatic rings. The summed E-state index contributed by atoms with van der Waals surface area (Å²) in [5, 5.41) is 10.8. The van der Waals surface area contributed by atoms with Crippen molar-refractivity contribution in [2.75, 3.05) is 6.61 Å². The molecule has 5 heteroatoms. The van der Waals surface area contributed by atoms with Crippen molar-refractivity contribution in [2.24, 2.45) is 5.73 Å². The summed E-state index contributed by atoms with van der Waals surface area (Å²) < 4.78 is 5.27. The second-order valence-electron chi connectivity index (χ2n) is 3.86. The van der Waals surface area contributed by atoms with Gasteiger partial charge < -0.3 is 10.5 Å². The number of hydrogen-bond acceptors (Lipinski definition) is 4. The van der Waals surface area contributed by atoms with Gasteiger partial charge in [0.2, 0.25) is 0 Å². The summed E-state index contributed by atoms with van der Waals surface area (Å²) in [7, 11) is 0. The van der Waals surface area contributed by atoms with Crippen LogP contribution < -0.4 is 10.5 Å². The Bertz CT molecular complexity index is 393. The summed E-state index contributed by atoms with van der Waals surface area (Å²) in [6.45, 7) is 4.22. The zero-order chi connectivity index (χ0) is 12.8. The maximum Gasteiger partial charge on any atom is 0.310 e. The molecule has 5 nitrogen and oxygen atoms in total. The van der Waals surface area contributed by atoms with Crippen molar-refractivity contribution in [1.29, 1.82) is 0 Å². The Hall–Kier alpha value is -1.62. The topological polar surface area (TPSA) is 78.4 Å². The van der Waals surface area contributed by atoms with E-state index in [0.29, 0.717) is 18.8 Å². The number of nitrogens with two attached hydrogens (primary N) is 1. The van der Waals surface area contributed by atoms with Crippen LogP contribution in [0, 0.1) is 10.1 Å². The van der Waals surface area contributed by atoms with Gasteiger partial charge in [-0.15, -0.1) is 0 Å². The smallest absolute Gasteiger partial charge is 0.310 e. The van der Waals surface area contributed by atoms with Crippen molar-refractivity contribution in [1.82, 2.24) is 0 Å². The third-order valence-corrected chi connectivity index (χ3v) is 2.54. The SMILES string of the molecule is CCOc1cc(CC(N)CC)ccc1[N+](=O)[O-]. The number of hydrogen-bond donors (Lipinski definition) is 1. The van der Waals surface area contributed by atoms with Gasteiger partial charge in [0.25, 0.3) is 0 Å². The molecule has 0 heterocycles. The highest BCUT2D eigenvalue weighted by molar-refractivity contribution is 5.48. The molecule has 0 radical (unpaired) electrons. The van der Waals surface area contributed by atoms with E-state index in [0.717, 1.165) is 12.0 Å². The Balaban J connectivity index is 2.96. The Morgan fingerprint density at radius 2 is 2.18 bits per heavy atom. The molecule has 2 N–H and O–H groups in total. The summed E-state index contributed by atoms with van der Waals surface area (Å²) in [5.41, 5.74) is 6.82. The van der Waals surface area contributed by atoms with Crippen molar-refractivity contribution in [3.05, 3.63) is 33.9 Å². The Kier molecular flexibility index (Phi) is 4.90. The highest BCUT2D eigenvalue weighted by Gasteiger charge is 2.15. The van der Waals surface area contributed by atoms with E-state index in [1.807, 2.05) is 6.92 Å². The quantitative estimate of drug-likeness (QED) is 0.609. The van der Waals surface area contributed by atoms with Crippen LogP contribution in [-0.4, -0.2) is 17.6 Å². The fourth-order valence-corrected chi connectivity index (χ4v) is 1.55. The molecule has 0 bridgehead atoms. The van der Waals surface area contributed by atoms with Crippen molar-refractivity contribution in [3.8, 4) is 5.75 Å². The molecule has 1 atom stereocenters. The Labute approximate surface area is 101 Å². The molecule has 1 unspecified atom stereocenters. The summed E-state index contributed by atoms with van der Waals surface area (Å²) in [6.07, 6.45) is 1.58. The van der Waals surface area contributed by atoms with Gasteiger partial charge >= 0.3 is 5.69 Å². The summed E-state index contributed by atoms with van der Waals surface area (Å²) in [5.74, 6) is 0.318. The molecule has 0 aliphatic heterocycles. The molecule has 0 aliphatic carbocycles. The number of nitro benzene ring substituents is 1. The normalized spacial score (nSPS) is 12.2. The average molecular weight is 238 g/mol. The van der Waals surface area contributed by atoms with E-state index in [9.17, 15) is 10.1 Å². The van der Waals surface area contributed by atoms with Crippen LogP contribution in [0.2, 0.25) is 0 Å². The van der Waals surface area contributed by atoms with E-state index in [1.54, 1.807) is 19.1 Å². The first-order valence-electron chi connectivity index (χ1n) is 5.74. The molecule has 0 aromatic heterocycles. The molecule has 17 heavy (non-hydrogen) atoms. The standard InChI is InChI=1S/C12H18N2O3/c1-3-10(13)7-9-5-6-11(14(15)16)12(8-9)17-4-2/h5-6,8,10H,3-4,7,13H2,1-2H3. The second kappa shape index (κ2) is 6.20. The van der Waals surface area contributed by atoms with Gasteiger partial charge in [0, 0.05) is 12.1 Å². The summed E-state index contributed by atoms with van der Waals surface area (Å²) in [6, 6.07) is 4.99. The minimum absolute atomic E-state index is 0.000620. The predicted octanol–water partition coefficient (Wildman–Crippen LogP) is 2.27. The lowest BCUT2D eigenvalue weighted by Gasteiger charge is -2.10. The number of ether oxygens (including phenoxy) is 1. The van der Waals surface area contributed by atoms with Crippen LogP contribution in [0.4, 0.5) is 5.69 Å². The van der Waals surface area contributed by atoms with E-state index >= 15 is 0 Å². The van der Waals surface area contributed by atoms with Crippen molar-refractivity contribution >= 4 is 5.69 Å². The first kappa shape index (κ1) is 13.4. The van der Waals surface area contributed by atoms with Gasteiger partial charge in [-0.05, 0) is 31.4 Å². The maximum absolute atomic E-state index is 10.8. The van der Waals surface area contributed by atoms with Crippen LogP contribution in [0.15, 0.2) is 18.2 Å². The van der Waals surface area contributed by atoms with Crippen LogP contribution in [0.3, 0.4) is 0 Å². The maximum atomic E-state index is 10.8. The lowest BCUT2D eigenvalue weighted by atomic mass is 10.0. The molecule has 94 valence electrons. The fourth-order valence-electron chi connectivity index (χ4n) is 1.55. The monoisotopic (exact) mass is 238 g/mol. The molecule has 0 aliphatic rings. The van der Waals surface area contributed by atoms with Gasteiger partial charge in [-0.2, -0.15) is 0 Å². The third kappa shape index (κ3) is 3.71. The van der Waals surface area contributed by atoms with Gasteiger partial charge in [-0.3, -0.25) is 10.1 Å². The number of nitro groups is 1.